The normalized spacial score (nSPS) is 20.3. The molecule has 2 saturated heterocycles. The maximum Gasteiger partial charge on any atom is 0.325 e. The van der Waals surface area contributed by atoms with E-state index in [1.54, 1.807) is 7.11 Å². The first-order chi connectivity index (χ1) is 12.6. The number of carbonyl (C=O) groups is 2. The summed E-state index contributed by atoms with van der Waals surface area (Å²) in [6, 6.07) is 6.91. The third-order valence-corrected chi connectivity index (χ3v) is 5.47. The van der Waals surface area contributed by atoms with Crippen molar-refractivity contribution in [2.75, 3.05) is 33.3 Å². The molecular weight excluding hydrogens is 332 g/mol. The van der Waals surface area contributed by atoms with Crippen LogP contribution in [0.4, 0.5) is 0 Å². The number of carboxylic acid groups (broad SMARTS) is 1. The average Bonchev–Trinajstić information content (AvgIpc) is 3.17. The highest BCUT2D eigenvalue weighted by molar-refractivity contribution is 5.79. The van der Waals surface area contributed by atoms with Crippen LogP contribution in [0, 0.1) is 5.92 Å². The summed E-state index contributed by atoms with van der Waals surface area (Å²) in [4.78, 5) is 28.5. The SMILES string of the molecule is COCc1cccc([C@H](C(=O)O)N2CCC(C(=O)N3CCCC3)CC2)c1. The Morgan fingerprint density at radius 1 is 1.19 bits per heavy atom. The number of likely N-dealkylation sites (tertiary alicyclic amines) is 2. The van der Waals surface area contributed by atoms with Crippen LogP contribution >= 0.6 is 0 Å². The fourth-order valence-corrected chi connectivity index (χ4v) is 4.13. The first-order valence-electron chi connectivity index (χ1n) is 9.43. The molecule has 1 atom stereocenters. The number of amides is 1. The van der Waals surface area contributed by atoms with E-state index in [0.29, 0.717) is 19.7 Å². The predicted octanol–water partition coefficient (Wildman–Crippen LogP) is 2.29. The van der Waals surface area contributed by atoms with E-state index in [-0.39, 0.29) is 11.8 Å². The molecular formula is C20H28N2O4. The van der Waals surface area contributed by atoms with Crippen molar-refractivity contribution >= 4 is 11.9 Å². The van der Waals surface area contributed by atoms with Crippen LogP contribution in [0.25, 0.3) is 0 Å². The zero-order valence-electron chi connectivity index (χ0n) is 15.4. The molecule has 0 bridgehead atoms. The fourth-order valence-electron chi connectivity index (χ4n) is 4.13. The van der Waals surface area contributed by atoms with Gasteiger partial charge in [0.25, 0.3) is 0 Å². The number of aliphatic carboxylic acids is 1. The summed E-state index contributed by atoms with van der Waals surface area (Å²) in [5.74, 6) is -0.543. The van der Waals surface area contributed by atoms with Gasteiger partial charge >= 0.3 is 5.97 Å². The number of benzene rings is 1. The molecule has 0 spiro atoms. The fraction of sp³-hybridized carbons (Fsp3) is 0.600. The molecule has 1 aromatic rings. The molecule has 1 N–H and O–H groups in total. The van der Waals surface area contributed by atoms with Gasteiger partial charge < -0.3 is 14.7 Å². The number of methoxy groups -OCH3 is 1. The number of nitrogens with zero attached hydrogens (tertiary/aromatic N) is 2. The highest BCUT2D eigenvalue weighted by Gasteiger charge is 2.35. The van der Waals surface area contributed by atoms with Gasteiger partial charge in [-0.15, -0.1) is 0 Å². The number of carbonyl (C=O) groups excluding carboxylic acids is 1. The van der Waals surface area contributed by atoms with E-state index in [0.717, 1.165) is 49.9 Å². The molecule has 2 heterocycles. The Bertz CT molecular complexity index is 634. The van der Waals surface area contributed by atoms with Gasteiger partial charge in [0.1, 0.15) is 6.04 Å². The molecule has 0 saturated carbocycles. The topological polar surface area (TPSA) is 70.1 Å². The van der Waals surface area contributed by atoms with Crippen LogP contribution in [-0.4, -0.2) is 60.1 Å². The lowest BCUT2D eigenvalue weighted by Crippen LogP contribution is -2.44. The lowest BCUT2D eigenvalue weighted by molar-refractivity contribution is -0.144. The van der Waals surface area contributed by atoms with Crippen molar-refractivity contribution in [1.29, 1.82) is 0 Å². The van der Waals surface area contributed by atoms with Crippen molar-refractivity contribution in [1.82, 2.24) is 9.80 Å². The minimum atomic E-state index is -0.844. The number of hydrogen-bond acceptors (Lipinski definition) is 4. The second-order valence-corrected chi connectivity index (χ2v) is 7.26. The molecule has 0 radical (unpaired) electrons. The number of carboxylic acids is 1. The van der Waals surface area contributed by atoms with Gasteiger partial charge in [-0.2, -0.15) is 0 Å². The highest BCUT2D eigenvalue weighted by Crippen LogP contribution is 2.29. The molecule has 6 heteroatoms. The summed E-state index contributed by atoms with van der Waals surface area (Å²) in [6.45, 7) is 3.49. The van der Waals surface area contributed by atoms with Gasteiger partial charge in [-0.3, -0.25) is 14.5 Å². The Morgan fingerprint density at radius 2 is 1.88 bits per heavy atom. The van der Waals surface area contributed by atoms with Crippen LogP contribution in [0.2, 0.25) is 0 Å². The van der Waals surface area contributed by atoms with Crippen LogP contribution < -0.4 is 0 Å². The molecule has 2 aliphatic rings. The maximum atomic E-state index is 12.6. The summed E-state index contributed by atoms with van der Waals surface area (Å²) in [5.41, 5.74) is 1.74. The Labute approximate surface area is 154 Å². The first-order valence-corrected chi connectivity index (χ1v) is 9.43. The van der Waals surface area contributed by atoms with Crippen molar-refractivity contribution in [3.05, 3.63) is 35.4 Å². The molecule has 0 aromatic heterocycles. The van der Waals surface area contributed by atoms with Gasteiger partial charge in [0.15, 0.2) is 0 Å². The molecule has 26 heavy (non-hydrogen) atoms. The predicted molar refractivity (Wildman–Crippen MR) is 97.6 cm³/mol. The Balaban J connectivity index is 1.66. The van der Waals surface area contributed by atoms with Gasteiger partial charge in [-0.1, -0.05) is 24.3 Å². The van der Waals surface area contributed by atoms with E-state index in [9.17, 15) is 14.7 Å². The zero-order valence-corrected chi connectivity index (χ0v) is 15.4. The summed E-state index contributed by atoms with van der Waals surface area (Å²) in [7, 11) is 1.63. The largest absolute Gasteiger partial charge is 0.480 e. The number of hydrogen-bond donors (Lipinski definition) is 1. The van der Waals surface area contributed by atoms with E-state index in [2.05, 4.69) is 0 Å². The molecule has 1 aromatic carbocycles. The Morgan fingerprint density at radius 3 is 2.50 bits per heavy atom. The Kier molecular flexibility index (Phi) is 6.27. The van der Waals surface area contributed by atoms with Gasteiger partial charge in [-0.05, 0) is 36.8 Å². The van der Waals surface area contributed by atoms with Crippen LogP contribution in [0.15, 0.2) is 24.3 Å². The van der Waals surface area contributed by atoms with Crippen molar-refractivity contribution in [2.45, 2.75) is 38.3 Å². The third kappa shape index (κ3) is 4.24. The molecule has 6 nitrogen and oxygen atoms in total. The molecule has 0 unspecified atom stereocenters. The third-order valence-electron chi connectivity index (χ3n) is 5.47. The molecule has 1 amide bonds. The van der Waals surface area contributed by atoms with Crippen molar-refractivity contribution in [2.24, 2.45) is 5.92 Å². The van der Waals surface area contributed by atoms with Gasteiger partial charge in [-0.25, -0.2) is 0 Å². The lowest BCUT2D eigenvalue weighted by Gasteiger charge is -2.36. The van der Waals surface area contributed by atoms with Crippen LogP contribution in [-0.2, 0) is 20.9 Å². The minimum Gasteiger partial charge on any atom is -0.480 e. The van der Waals surface area contributed by atoms with Crippen molar-refractivity contribution < 1.29 is 19.4 Å². The molecule has 0 aliphatic carbocycles. The summed E-state index contributed by atoms with van der Waals surface area (Å²) >= 11 is 0. The van der Waals surface area contributed by atoms with E-state index in [4.69, 9.17) is 4.74 Å². The molecule has 142 valence electrons. The molecule has 3 rings (SSSR count). The zero-order chi connectivity index (χ0) is 18.5. The van der Waals surface area contributed by atoms with Crippen LogP contribution in [0.5, 0.6) is 0 Å². The van der Waals surface area contributed by atoms with E-state index in [1.165, 1.54) is 0 Å². The van der Waals surface area contributed by atoms with E-state index < -0.39 is 12.0 Å². The number of rotatable bonds is 6. The van der Waals surface area contributed by atoms with Crippen LogP contribution in [0.3, 0.4) is 0 Å². The highest BCUT2D eigenvalue weighted by atomic mass is 16.5. The minimum absolute atomic E-state index is 0.0404. The second kappa shape index (κ2) is 8.64. The standard InChI is InChI=1S/C20H28N2O4/c1-26-14-15-5-4-6-17(13-15)18(20(24)25)21-11-7-16(8-12-21)19(23)22-9-2-3-10-22/h4-6,13,16,18H,2-3,7-12,14H2,1H3,(H,24,25)/t18-/m1/s1. The van der Waals surface area contributed by atoms with E-state index in [1.807, 2.05) is 34.1 Å². The van der Waals surface area contributed by atoms with Crippen molar-refractivity contribution in [3.63, 3.8) is 0 Å². The summed E-state index contributed by atoms with van der Waals surface area (Å²) < 4.78 is 5.15. The lowest BCUT2D eigenvalue weighted by atomic mass is 9.92. The summed E-state index contributed by atoms with van der Waals surface area (Å²) in [5, 5.41) is 9.80. The molecule has 2 fully saturated rings. The van der Waals surface area contributed by atoms with Gasteiger partial charge in [0.05, 0.1) is 6.61 Å². The van der Waals surface area contributed by atoms with Gasteiger partial charge in [0, 0.05) is 39.2 Å². The second-order valence-electron chi connectivity index (χ2n) is 7.26. The average molecular weight is 360 g/mol. The smallest absolute Gasteiger partial charge is 0.325 e. The number of ether oxygens (including phenoxy) is 1. The first kappa shape index (κ1) is 18.9. The molecule has 2 aliphatic heterocycles. The van der Waals surface area contributed by atoms with Crippen molar-refractivity contribution in [3.8, 4) is 0 Å². The maximum absolute atomic E-state index is 12.6. The quantitative estimate of drug-likeness (QED) is 0.843. The van der Waals surface area contributed by atoms with E-state index >= 15 is 0 Å². The monoisotopic (exact) mass is 360 g/mol. The van der Waals surface area contributed by atoms with Gasteiger partial charge in [0.2, 0.25) is 5.91 Å². The van der Waals surface area contributed by atoms with Crippen LogP contribution in [0.1, 0.15) is 42.9 Å². The Hall–Kier alpha value is -1.92. The number of piperidine rings is 1. The summed E-state index contributed by atoms with van der Waals surface area (Å²) in [6.07, 6.45) is 3.67.